The lowest BCUT2D eigenvalue weighted by molar-refractivity contribution is -0.125. The number of carbonyl (C=O) groups excluding carboxylic acids is 1. The minimum atomic E-state index is -0.924. The standard InChI is InChI=1S/C17H14F2N2O3/c1-23-15-5-3-2-4-11(15)13-9-16(24-21-13)17(22)20-14-8-10(18)6-7-12(14)19/h2-8,16H,9H2,1H3,(H,20,22). The number of ether oxygens (including phenoxy) is 1. The molecule has 1 aliphatic rings. The van der Waals surface area contributed by atoms with Crippen LogP contribution in [0.15, 0.2) is 47.6 Å². The van der Waals surface area contributed by atoms with Crippen LogP contribution >= 0.6 is 0 Å². The van der Waals surface area contributed by atoms with Crippen molar-refractivity contribution in [3.63, 3.8) is 0 Å². The number of methoxy groups -OCH3 is 1. The first kappa shape index (κ1) is 15.9. The summed E-state index contributed by atoms with van der Waals surface area (Å²) in [6.07, 6.45) is -0.726. The van der Waals surface area contributed by atoms with E-state index in [-0.39, 0.29) is 12.1 Å². The number of halogens is 2. The maximum Gasteiger partial charge on any atom is 0.268 e. The average molecular weight is 332 g/mol. The molecular weight excluding hydrogens is 318 g/mol. The number of benzene rings is 2. The highest BCUT2D eigenvalue weighted by Gasteiger charge is 2.30. The quantitative estimate of drug-likeness (QED) is 0.936. The van der Waals surface area contributed by atoms with E-state index in [1.165, 1.54) is 7.11 Å². The van der Waals surface area contributed by atoms with Crippen LogP contribution in [0.1, 0.15) is 12.0 Å². The van der Waals surface area contributed by atoms with Crippen LogP contribution in [-0.2, 0) is 9.63 Å². The predicted molar refractivity (Wildman–Crippen MR) is 84.0 cm³/mol. The van der Waals surface area contributed by atoms with E-state index in [1.807, 2.05) is 12.1 Å². The summed E-state index contributed by atoms with van der Waals surface area (Å²) in [6.45, 7) is 0. The molecule has 1 unspecified atom stereocenters. The summed E-state index contributed by atoms with van der Waals surface area (Å²) in [5.41, 5.74) is 1.02. The van der Waals surface area contributed by atoms with E-state index < -0.39 is 23.6 Å². The monoisotopic (exact) mass is 332 g/mol. The fraction of sp³-hybridized carbons (Fsp3) is 0.176. The second kappa shape index (κ2) is 6.66. The number of carbonyl (C=O) groups is 1. The summed E-state index contributed by atoms with van der Waals surface area (Å²) in [6, 6.07) is 10.0. The fourth-order valence-electron chi connectivity index (χ4n) is 2.37. The molecule has 0 radical (unpaired) electrons. The summed E-state index contributed by atoms with van der Waals surface area (Å²) in [5.74, 6) is -1.37. The lowest BCUT2D eigenvalue weighted by atomic mass is 10.0. The largest absolute Gasteiger partial charge is 0.496 e. The Labute approximate surface area is 136 Å². The molecule has 1 aliphatic heterocycles. The van der Waals surface area contributed by atoms with Crippen LogP contribution in [0, 0.1) is 11.6 Å². The number of anilines is 1. The Balaban J connectivity index is 1.70. The molecule has 1 heterocycles. The summed E-state index contributed by atoms with van der Waals surface area (Å²) < 4.78 is 32.0. The van der Waals surface area contributed by atoms with Crippen molar-refractivity contribution in [2.45, 2.75) is 12.5 Å². The Kier molecular flexibility index (Phi) is 4.41. The molecule has 0 spiro atoms. The molecule has 0 bridgehead atoms. The van der Waals surface area contributed by atoms with Crippen molar-refractivity contribution in [3.8, 4) is 5.75 Å². The molecule has 1 amide bonds. The molecule has 5 nitrogen and oxygen atoms in total. The zero-order valence-corrected chi connectivity index (χ0v) is 12.8. The van der Waals surface area contributed by atoms with Gasteiger partial charge in [-0.3, -0.25) is 4.79 Å². The number of nitrogens with zero attached hydrogens (tertiary/aromatic N) is 1. The van der Waals surface area contributed by atoms with Gasteiger partial charge < -0.3 is 14.9 Å². The maximum atomic E-state index is 13.6. The van der Waals surface area contributed by atoms with Crippen LogP contribution in [0.5, 0.6) is 5.75 Å². The molecule has 0 aliphatic carbocycles. The zero-order chi connectivity index (χ0) is 17.1. The number of hydrogen-bond donors (Lipinski definition) is 1. The van der Waals surface area contributed by atoms with Gasteiger partial charge in [-0.25, -0.2) is 8.78 Å². The van der Waals surface area contributed by atoms with Crippen molar-refractivity contribution in [2.75, 3.05) is 12.4 Å². The topological polar surface area (TPSA) is 59.9 Å². The Morgan fingerprint density at radius 3 is 2.88 bits per heavy atom. The van der Waals surface area contributed by atoms with Gasteiger partial charge in [-0.1, -0.05) is 17.3 Å². The van der Waals surface area contributed by atoms with E-state index in [0.717, 1.165) is 18.2 Å². The van der Waals surface area contributed by atoms with Crippen LogP contribution in [0.25, 0.3) is 0 Å². The van der Waals surface area contributed by atoms with Crippen molar-refractivity contribution in [2.24, 2.45) is 5.16 Å². The highest BCUT2D eigenvalue weighted by Crippen LogP contribution is 2.25. The minimum absolute atomic E-state index is 0.198. The van der Waals surface area contributed by atoms with E-state index in [4.69, 9.17) is 9.57 Å². The van der Waals surface area contributed by atoms with Gasteiger partial charge in [-0.15, -0.1) is 0 Å². The molecular formula is C17H14F2N2O3. The van der Waals surface area contributed by atoms with Gasteiger partial charge in [0.2, 0.25) is 6.10 Å². The van der Waals surface area contributed by atoms with Gasteiger partial charge in [0, 0.05) is 18.1 Å². The summed E-state index contributed by atoms with van der Waals surface area (Å²) in [5, 5.41) is 6.22. The lowest BCUT2D eigenvalue weighted by Gasteiger charge is -2.10. The van der Waals surface area contributed by atoms with Crippen molar-refractivity contribution < 1.29 is 23.1 Å². The van der Waals surface area contributed by atoms with Gasteiger partial charge in [0.05, 0.1) is 18.5 Å². The molecule has 0 aromatic heterocycles. The van der Waals surface area contributed by atoms with Gasteiger partial charge in [-0.05, 0) is 24.3 Å². The molecule has 2 aromatic rings. The minimum Gasteiger partial charge on any atom is -0.496 e. The third-order valence-electron chi connectivity index (χ3n) is 3.57. The smallest absolute Gasteiger partial charge is 0.268 e. The molecule has 1 atom stereocenters. The average Bonchev–Trinajstić information content (AvgIpc) is 3.08. The number of rotatable bonds is 4. The van der Waals surface area contributed by atoms with Gasteiger partial charge in [0.15, 0.2) is 0 Å². The Hall–Kier alpha value is -2.96. The van der Waals surface area contributed by atoms with Crippen molar-refractivity contribution in [1.82, 2.24) is 0 Å². The summed E-state index contributed by atoms with van der Waals surface area (Å²) in [7, 11) is 1.53. The van der Waals surface area contributed by atoms with E-state index in [9.17, 15) is 13.6 Å². The first-order valence-electron chi connectivity index (χ1n) is 7.20. The van der Waals surface area contributed by atoms with E-state index >= 15 is 0 Å². The highest BCUT2D eigenvalue weighted by atomic mass is 19.1. The lowest BCUT2D eigenvalue weighted by Crippen LogP contribution is -2.28. The normalized spacial score (nSPS) is 16.3. The van der Waals surface area contributed by atoms with Crippen LogP contribution in [0.3, 0.4) is 0 Å². The second-order valence-electron chi connectivity index (χ2n) is 5.15. The number of nitrogens with one attached hydrogen (secondary N) is 1. The fourth-order valence-corrected chi connectivity index (χ4v) is 2.37. The van der Waals surface area contributed by atoms with Crippen LogP contribution in [-0.4, -0.2) is 24.8 Å². The van der Waals surface area contributed by atoms with Gasteiger partial charge >= 0.3 is 0 Å². The Morgan fingerprint density at radius 1 is 1.29 bits per heavy atom. The Morgan fingerprint density at radius 2 is 2.08 bits per heavy atom. The van der Waals surface area contributed by atoms with E-state index in [1.54, 1.807) is 12.1 Å². The van der Waals surface area contributed by atoms with Gasteiger partial charge in [0.1, 0.15) is 17.4 Å². The molecule has 3 rings (SSSR count). The van der Waals surface area contributed by atoms with Crippen molar-refractivity contribution in [1.29, 1.82) is 0 Å². The number of amides is 1. The molecule has 1 N–H and O–H groups in total. The first-order valence-corrected chi connectivity index (χ1v) is 7.20. The van der Waals surface area contributed by atoms with Gasteiger partial charge in [0.25, 0.3) is 5.91 Å². The van der Waals surface area contributed by atoms with E-state index in [2.05, 4.69) is 10.5 Å². The van der Waals surface area contributed by atoms with Crippen molar-refractivity contribution in [3.05, 3.63) is 59.7 Å². The van der Waals surface area contributed by atoms with Crippen LogP contribution in [0.2, 0.25) is 0 Å². The summed E-state index contributed by atoms with van der Waals surface area (Å²) >= 11 is 0. The highest BCUT2D eigenvalue weighted by molar-refractivity contribution is 6.07. The van der Waals surface area contributed by atoms with E-state index in [0.29, 0.717) is 17.0 Å². The third kappa shape index (κ3) is 3.19. The molecule has 0 saturated heterocycles. The molecule has 7 heteroatoms. The van der Waals surface area contributed by atoms with Gasteiger partial charge in [-0.2, -0.15) is 0 Å². The second-order valence-corrected chi connectivity index (χ2v) is 5.15. The molecule has 0 fully saturated rings. The number of para-hydroxylation sites is 1. The maximum absolute atomic E-state index is 13.6. The first-order chi connectivity index (χ1) is 11.6. The molecule has 0 saturated carbocycles. The third-order valence-corrected chi connectivity index (χ3v) is 3.57. The summed E-state index contributed by atoms with van der Waals surface area (Å²) in [4.78, 5) is 17.3. The van der Waals surface area contributed by atoms with Crippen LogP contribution in [0.4, 0.5) is 14.5 Å². The molecule has 24 heavy (non-hydrogen) atoms. The Bertz CT molecular complexity index is 808. The van der Waals surface area contributed by atoms with Crippen molar-refractivity contribution >= 4 is 17.3 Å². The number of oxime groups is 1. The predicted octanol–water partition coefficient (Wildman–Crippen LogP) is 3.11. The molecule has 124 valence electrons. The number of hydrogen-bond acceptors (Lipinski definition) is 4. The SMILES string of the molecule is COc1ccccc1C1=NOC(C(=O)Nc2cc(F)ccc2F)C1. The zero-order valence-electron chi connectivity index (χ0n) is 12.8. The molecule has 2 aromatic carbocycles. The van der Waals surface area contributed by atoms with Crippen LogP contribution < -0.4 is 10.1 Å².